The van der Waals surface area contributed by atoms with Crippen molar-refractivity contribution >= 4 is 25.7 Å². The Kier molecular flexibility index (Phi) is 30.9. The van der Waals surface area contributed by atoms with E-state index in [0.29, 0.717) is 12.8 Å². The summed E-state index contributed by atoms with van der Waals surface area (Å²) in [6.45, 7) is 2.57. The zero-order valence-electron chi connectivity index (χ0n) is 30.0. The highest BCUT2D eigenvalue weighted by Gasteiger charge is 2.28. The Hall–Kier alpha value is -2.56. The summed E-state index contributed by atoms with van der Waals surface area (Å²) in [7, 11) is -4.72. The van der Waals surface area contributed by atoms with Gasteiger partial charge in [0, 0.05) is 12.8 Å². The van der Waals surface area contributed by atoms with Gasteiger partial charge in [-0.25, -0.2) is 4.57 Å². The molecule has 0 aliphatic rings. The number of hydrogen-bond acceptors (Lipinski definition) is 9. The van der Waals surface area contributed by atoms with Crippen LogP contribution in [0.5, 0.6) is 0 Å². The molecule has 49 heavy (non-hydrogen) atoms. The van der Waals surface area contributed by atoms with Gasteiger partial charge in [-0.05, 0) is 57.8 Å². The Bertz CT molecular complexity index is 1030. The average molecular weight is 714 g/mol. The van der Waals surface area contributed by atoms with E-state index in [1.54, 1.807) is 0 Å². The Labute approximate surface area is 295 Å². The molecule has 0 heterocycles. The van der Waals surface area contributed by atoms with Crippen LogP contribution in [0.2, 0.25) is 0 Å². The van der Waals surface area contributed by atoms with Gasteiger partial charge in [0.1, 0.15) is 12.6 Å². The lowest BCUT2D eigenvalue weighted by Gasteiger charge is -2.20. The maximum absolute atomic E-state index is 12.5. The number of aliphatic carboxylic acids is 1. The first-order valence-corrected chi connectivity index (χ1v) is 19.7. The van der Waals surface area contributed by atoms with Gasteiger partial charge in [0.15, 0.2) is 6.10 Å². The lowest BCUT2D eigenvalue weighted by Crippen LogP contribution is -2.34. The fourth-order valence-corrected chi connectivity index (χ4v) is 5.25. The summed E-state index contributed by atoms with van der Waals surface area (Å²) in [5.74, 6) is -2.43. The highest BCUT2D eigenvalue weighted by molar-refractivity contribution is 7.47. The number of ether oxygens (including phenoxy) is 2. The van der Waals surface area contributed by atoms with E-state index in [9.17, 15) is 23.8 Å². The molecule has 0 saturated carbocycles. The highest BCUT2D eigenvalue weighted by Crippen LogP contribution is 2.43. The number of hydrogen-bond donors (Lipinski definition) is 3. The zero-order chi connectivity index (χ0) is 36.4. The van der Waals surface area contributed by atoms with Crippen molar-refractivity contribution in [1.29, 1.82) is 0 Å². The molecule has 0 spiro atoms. The molecule has 0 rings (SSSR count). The monoisotopic (exact) mass is 713 g/mol. The summed E-state index contributed by atoms with van der Waals surface area (Å²) < 4.78 is 32.5. The predicted molar refractivity (Wildman–Crippen MR) is 194 cm³/mol. The molecule has 3 atom stereocenters. The molecule has 0 saturated heterocycles. The first-order chi connectivity index (χ1) is 23.6. The Balaban J connectivity index is 4.53. The van der Waals surface area contributed by atoms with Gasteiger partial charge in [-0.1, -0.05) is 114 Å². The van der Waals surface area contributed by atoms with E-state index < -0.39 is 51.1 Å². The fraction of sp³-hybridized carbons (Fsp3) is 0.703. The smallest absolute Gasteiger partial charge is 0.472 e. The number of carbonyl (C=O) groups is 3. The highest BCUT2D eigenvalue weighted by atomic mass is 31.2. The number of carbonyl (C=O) groups excluding carboxylic acids is 2. The van der Waals surface area contributed by atoms with Crippen LogP contribution in [-0.4, -0.2) is 59.9 Å². The Morgan fingerprint density at radius 3 is 1.76 bits per heavy atom. The lowest BCUT2D eigenvalue weighted by molar-refractivity contribution is -0.161. The normalized spacial score (nSPS) is 14.5. The van der Waals surface area contributed by atoms with Gasteiger partial charge in [-0.3, -0.25) is 23.4 Å². The second-order valence-corrected chi connectivity index (χ2v) is 13.5. The number of rotatable bonds is 33. The summed E-state index contributed by atoms with van der Waals surface area (Å²) in [5, 5.41) is 8.84. The Morgan fingerprint density at radius 1 is 0.653 bits per heavy atom. The van der Waals surface area contributed by atoms with Crippen LogP contribution in [0.25, 0.3) is 0 Å². The first kappa shape index (κ1) is 46.4. The van der Waals surface area contributed by atoms with Crippen LogP contribution < -0.4 is 5.73 Å². The second kappa shape index (κ2) is 32.6. The molecular weight excluding hydrogens is 649 g/mol. The molecule has 282 valence electrons. The molecule has 0 aromatic rings. The maximum Gasteiger partial charge on any atom is 0.472 e. The van der Waals surface area contributed by atoms with E-state index in [4.69, 9.17) is 24.8 Å². The van der Waals surface area contributed by atoms with Gasteiger partial charge in [0.2, 0.25) is 0 Å². The van der Waals surface area contributed by atoms with E-state index in [1.165, 1.54) is 19.3 Å². The molecule has 4 N–H and O–H groups in total. The minimum Gasteiger partial charge on any atom is -0.480 e. The van der Waals surface area contributed by atoms with Crippen LogP contribution in [0.3, 0.4) is 0 Å². The molecule has 0 bridgehead atoms. The number of unbranched alkanes of at least 4 members (excludes halogenated alkanes) is 13. The molecule has 12 heteroatoms. The van der Waals surface area contributed by atoms with Crippen molar-refractivity contribution in [1.82, 2.24) is 0 Å². The number of carboxylic acids is 1. The second-order valence-electron chi connectivity index (χ2n) is 12.0. The number of esters is 2. The summed E-state index contributed by atoms with van der Waals surface area (Å²) >= 11 is 0. The molecule has 0 aliphatic carbocycles. The molecule has 0 fully saturated rings. The molecule has 0 radical (unpaired) electrons. The van der Waals surface area contributed by atoms with E-state index in [1.807, 2.05) is 24.3 Å². The van der Waals surface area contributed by atoms with Crippen molar-refractivity contribution in [3.63, 3.8) is 0 Å². The molecule has 0 aromatic heterocycles. The third kappa shape index (κ3) is 32.4. The zero-order valence-corrected chi connectivity index (χ0v) is 30.9. The van der Waals surface area contributed by atoms with E-state index in [0.717, 1.165) is 77.0 Å². The summed E-state index contributed by atoms with van der Waals surface area (Å²) in [5.41, 5.74) is 5.30. The minimum absolute atomic E-state index is 0.135. The molecule has 0 aliphatic heterocycles. The van der Waals surface area contributed by atoms with Crippen LogP contribution >= 0.6 is 7.82 Å². The van der Waals surface area contributed by atoms with Crippen molar-refractivity contribution in [3.8, 4) is 0 Å². The number of allylic oxidation sites excluding steroid dienone is 8. The average Bonchev–Trinajstić information content (AvgIpc) is 3.07. The third-order valence-electron chi connectivity index (χ3n) is 7.37. The van der Waals surface area contributed by atoms with Crippen LogP contribution in [0.15, 0.2) is 48.6 Å². The maximum atomic E-state index is 12.5. The van der Waals surface area contributed by atoms with E-state index in [-0.39, 0.29) is 19.4 Å². The van der Waals surface area contributed by atoms with Crippen molar-refractivity contribution in [2.45, 2.75) is 148 Å². The minimum atomic E-state index is -4.72. The van der Waals surface area contributed by atoms with Crippen molar-refractivity contribution < 1.29 is 47.5 Å². The number of phosphoric acid groups is 1. The summed E-state index contributed by atoms with van der Waals surface area (Å²) in [6.07, 6.45) is 33.3. The molecular formula is C37H64NO10P. The van der Waals surface area contributed by atoms with Crippen LogP contribution in [0, 0.1) is 0 Å². The van der Waals surface area contributed by atoms with Crippen molar-refractivity contribution in [2.75, 3.05) is 19.8 Å². The largest absolute Gasteiger partial charge is 0.480 e. The third-order valence-corrected chi connectivity index (χ3v) is 8.32. The van der Waals surface area contributed by atoms with Gasteiger partial charge in [-0.15, -0.1) is 0 Å². The van der Waals surface area contributed by atoms with Gasteiger partial charge >= 0.3 is 25.7 Å². The number of carboxylic acid groups (broad SMARTS) is 1. The topological polar surface area (TPSA) is 172 Å². The molecule has 0 amide bonds. The quantitative estimate of drug-likeness (QED) is 0.0195. The van der Waals surface area contributed by atoms with Crippen LogP contribution in [0.4, 0.5) is 0 Å². The standard InChI is InChI=1S/C37H64NO10P/c1-3-5-7-9-11-13-15-17-19-21-23-25-27-29-36(40)48-33(31-46-49(43,44)47-32-34(38)37(41)42)30-45-35(39)28-26-24-22-20-18-16-14-12-10-8-6-4-2/h5,7,9,11-15,33-34H,3-4,6,8,10,16-32,38H2,1-2H3,(H,41,42)(H,43,44)/b7-5+,11-9+,14-12+,15-13+/t33?,34-/m0/s1. The first-order valence-electron chi connectivity index (χ1n) is 18.2. The van der Waals surface area contributed by atoms with Crippen molar-refractivity contribution in [3.05, 3.63) is 48.6 Å². The fourth-order valence-electron chi connectivity index (χ4n) is 4.47. The summed E-state index contributed by atoms with van der Waals surface area (Å²) in [4.78, 5) is 45.6. The van der Waals surface area contributed by atoms with Gasteiger partial charge in [-0.2, -0.15) is 0 Å². The number of phosphoric ester groups is 1. The predicted octanol–water partition coefficient (Wildman–Crippen LogP) is 8.66. The SMILES string of the molecule is CC/C=C/C=C/C=C/CCCCCCCC(=O)OC(COC(=O)CCCCCCC/C=C/CCCCC)COP(=O)(O)OC[C@H](N)C(=O)O. The van der Waals surface area contributed by atoms with Crippen LogP contribution in [-0.2, 0) is 37.5 Å². The summed E-state index contributed by atoms with van der Waals surface area (Å²) in [6, 6.07) is -1.53. The molecule has 0 aromatic carbocycles. The van der Waals surface area contributed by atoms with Crippen LogP contribution in [0.1, 0.15) is 136 Å². The molecule has 11 nitrogen and oxygen atoms in total. The number of nitrogens with two attached hydrogens (primary N) is 1. The van der Waals surface area contributed by atoms with E-state index >= 15 is 0 Å². The van der Waals surface area contributed by atoms with Gasteiger partial charge < -0.3 is 25.2 Å². The van der Waals surface area contributed by atoms with Crippen molar-refractivity contribution in [2.24, 2.45) is 5.73 Å². The lowest BCUT2D eigenvalue weighted by atomic mass is 10.1. The van der Waals surface area contributed by atoms with E-state index in [2.05, 4.69) is 42.7 Å². The van der Waals surface area contributed by atoms with Gasteiger partial charge in [0.25, 0.3) is 0 Å². The Morgan fingerprint density at radius 2 is 1.16 bits per heavy atom. The van der Waals surface area contributed by atoms with Gasteiger partial charge in [0.05, 0.1) is 13.2 Å². The molecule has 2 unspecified atom stereocenters.